The molecule has 2 rings (SSSR count). The maximum Gasteiger partial charge on any atom is 0.204 e. The van der Waals surface area contributed by atoms with Crippen LogP contribution in [0.5, 0.6) is 0 Å². The third-order valence-corrected chi connectivity index (χ3v) is 4.42. The van der Waals surface area contributed by atoms with E-state index in [1.54, 1.807) is 0 Å². The van der Waals surface area contributed by atoms with E-state index in [0.717, 1.165) is 9.35 Å². The monoisotopic (exact) mass is 332 g/mol. The van der Waals surface area contributed by atoms with E-state index in [0.29, 0.717) is 10.4 Å². The molecule has 0 saturated carbocycles. The van der Waals surface area contributed by atoms with Crippen molar-refractivity contribution < 1.29 is 9.18 Å². The maximum atomic E-state index is 13.0. The number of benzene rings is 1. The van der Waals surface area contributed by atoms with E-state index in [4.69, 9.17) is 11.6 Å². The minimum absolute atomic E-state index is 0.0414. The van der Waals surface area contributed by atoms with Gasteiger partial charge in [0.2, 0.25) is 5.78 Å². The van der Waals surface area contributed by atoms with Gasteiger partial charge in [-0.15, -0.1) is 11.3 Å². The van der Waals surface area contributed by atoms with Crippen LogP contribution < -0.4 is 0 Å². The van der Waals surface area contributed by atoms with Crippen LogP contribution in [0.25, 0.3) is 0 Å². The predicted molar refractivity (Wildman–Crippen MR) is 71.6 cm³/mol. The summed E-state index contributed by atoms with van der Waals surface area (Å²) < 4.78 is 13.8. The highest BCUT2D eigenvalue weighted by atomic mass is 79.9. The molecule has 0 bridgehead atoms. The predicted octanol–water partition coefficient (Wildman–Crippen LogP) is 4.84. The maximum absolute atomic E-state index is 13.0. The van der Waals surface area contributed by atoms with Crippen LogP contribution in [0.3, 0.4) is 0 Å². The lowest BCUT2D eigenvalue weighted by atomic mass is 10.1. The smallest absolute Gasteiger partial charge is 0.204 e. The van der Waals surface area contributed by atoms with Crippen LogP contribution in [0, 0.1) is 12.7 Å². The number of carbonyl (C=O) groups is 1. The van der Waals surface area contributed by atoms with Gasteiger partial charge in [0.1, 0.15) is 5.82 Å². The Bertz CT molecular complexity index is 594. The van der Waals surface area contributed by atoms with Crippen molar-refractivity contribution in [1.29, 1.82) is 0 Å². The summed E-state index contributed by atoms with van der Waals surface area (Å²) in [5, 5.41) is -0.0414. The zero-order valence-electron chi connectivity index (χ0n) is 8.76. The van der Waals surface area contributed by atoms with Crippen molar-refractivity contribution in [2.75, 3.05) is 0 Å². The van der Waals surface area contributed by atoms with E-state index in [1.165, 1.54) is 29.5 Å². The molecule has 1 aromatic carbocycles. The topological polar surface area (TPSA) is 17.1 Å². The standard InChI is InChI=1S/C12H7BrClFOS/c1-6-4-8(13)12(17-6)11(16)7-2-3-10(15)9(14)5-7/h2-5H,1H3. The second kappa shape index (κ2) is 4.88. The van der Waals surface area contributed by atoms with Crippen LogP contribution in [0.1, 0.15) is 20.1 Å². The van der Waals surface area contributed by atoms with Crippen molar-refractivity contribution in [3.05, 3.63) is 54.9 Å². The average Bonchev–Trinajstić information content (AvgIpc) is 2.61. The molecule has 0 unspecified atom stereocenters. The Morgan fingerprint density at radius 2 is 2.12 bits per heavy atom. The molecule has 0 N–H and O–H groups in total. The van der Waals surface area contributed by atoms with Gasteiger partial charge in [-0.2, -0.15) is 0 Å². The first kappa shape index (κ1) is 12.7. The molecule has 1 aromatic heterocycles. The fraction of sp³-hybridized carbons (Fsp3) is 0.0833. The Hall–Kier alpha value is -0.710. The van der Waals surface area contributed by atoms with Crippen LogP contribution >= 0.6 is 38.9 Å². The first-order valence-corrected chi connectivity index (χ1v) is 6.73. The molecule has 0 radical (unpaired) electrons. The summed E-state index contributed by atoms with van der Waals surface area (Å²) in [6.07, 6.45) is 0. The number of carbonyl (C=O) groups excluding carboxylic acids is 1. The van der Waals surface area contributed by atoms with E-state index in [9.17, 15) is 9.18 Å². The lowest BCUT2D eigenvalue weighted by molar-refractivity contribution is 0.104. The highest BCUT2D eigenvalue weighted by Crippen LogP contribution is 2.29. The molecular weight excluding hydrogens is 327 g/mol. The molecule has 17 heavy (non-hydrogen) atoms. The molecule has 1 heterocycles. The van der Waals surface area contributed by atoms with Gasteiger partial charge in [-0.05, 0) is 47.1 Å². The van der Waals surface area contributed by atoms with Crippen LogP contribution in [0.15, 0.2) is 28.7 Å². The summed E-state index contributed by atoms with van der Waals surface area (Å²) in [6.45, 7) is 1.92. The van der Waals surface area contributed by atoms with E-state index < -0.39 is 5.82 Å². The number of hydrogen-bond donors (Lipinski definition) is 0. The van der Waals surface area contributed by atoms with Crippen molar-refractivity contribution in [1.82, 2.24) is 0 Å². The number of thiophene rings is 1. The Balaban J connectivity index is 2.44. The molecule has 0 saturated heterocycles. The van der Waals surface area contributed by atoms with Crippen LogP contribution in [0.4, 0.5) is 4.39 Å². The molecule has 88 valence electrons. The molecular formula is C12H7BrClFOS. The van der Waals surface area contributed by atoms with E-state index in [-0.39, 0.29) is 10.8 Å². The Labute approximate surface area is 115 Å². The third kappa shape index (κ3) is 2.59. The van der Waals surface area contributed by atoms with Crippen molar-refractivity contribution in [3.8, 4) is 0 Å². The number of rotatable bonds is 2. The van der Waals surface area contributed by atoms with Gasteiger partial charge < -0.3 is 0 Å². The molecule has 5 heteroatoms. The molecule has 0 aliphatic heterocycles. The molecule has 0 fully saturated rings. The van der Waals surface area contributed by atoms with Crippen molar-refractivity contribution in [2.45, 2.75) is 6.92 Å². The van der Waals surface area contributed by atoms with Gasteiger partial charge in [-0.25, -0.2) is 4.39 Å². The largest absolute Gasteiger partial charge is 0.288 e. The van der Waals surface area contributed by atoms with E-state index >= 15 is 0 Å². The van der Waals surface area contributed by atoms with Gasteiger partial charge >= 0.3 is 0 Å². The summed E-state index contributed by atoms with van der Waals surface area (Å²) >= 11 is 10.4. The first-order valence-electron chi connectivity index (χ1n) is 4.74. The number of ketones is 1. The van der Waals surface area contributed by atoms with Gasteiger partial charge in [-0.1, -0.05) is 11.6 Å². The zero-order valence-corrected chi connectivity index (χ0v) is 11.9. The highest BCUT2D eigenvalue weighted by Gasteiger charge is 2.16. The van der Waals surface area contributed by atoms with Gasteiger partial charge in [0, 0.05) is 14.9 Å². The molecule has 0 aliphatic carbocycles. The summed E-state index contributed by atoms with van der Waals surface area (Å²) in [5.41, 5.74) is 0.388. The van der Waals surface area contributed by atoms with Crippen molar-refractivity contribution in [3.63, 3.8) is 0 Å². The van der Waals surface area contributed by atoms with E-state index in [1.807, 2.05) is 13.0 Å². The van der Waals surface area contributed by atoms with Crippen LogP contribution in [0.2, 0.25) is 5.02 Å². The molecule has 1 nitrogen and oxygen atoms in total. The SMILES string of the molecule is Cc1cc(Br)c(C(=O)c2ccc(F)c(Cl)c2)s1. The number of halogens is 3. The van der Waals surface area contributed by atoms with Gasteiger partial charge in [0.15, 0.2) is 0 Å². The highest BCUT2D eigenvalue weighted by molar-refractivity contribution is 9.10. The van der Waals surface area contributed by atoms with Gasteiger partial charge in [-0.3, -0.25) is 4.79 Å². The summed E-state index contributed by atoms with van der Waals surface area (Å²) in [4.78, 5) is 13.8. The third-order valence-electron chi connectivity index (χ3n) is 2.20. The Kier molecular flexibility index (Phi) is 3.66. The lowest BCUT2D eigenvalue weighted by Crippen LogP contribution is -1.99. The Morgan fingerprint density at radius 3 is 2.65 bits per heavy atom. The second-order valence-corrected chi connectivity index (χ2v) is 6.01. The zero-order chi connectivity index (χ0) is 12.6. The Morgan fingerprint density at radius 1 is 1.41 bits per heavy atom. The van der Waals surface area contributed by atoms with Crippen molar-refractivity contribution >= 4 is 44.7 Å². The van der Waals surface area contributed by atoms with E-state index in [2.05, 4.69) is 15.9 Å². The lowest BCUT2D eigenvalue weighted by Gasteiger charge is -2.00. The fourth-order valence-corrected chi connectivity index (χ4v) is 3.37. The summed E-state index contributed by atoms with van der Waals surface area (Å²) in [6, 6.07) is 5.86. The molecule has 0 amide bonds. The first-order chi connectivity index (χ1) is 7.99. The molecule has 0 aliphatic rings. The number of aryl methyl sites for hydroxylation is 1. The molecule has 0 atom stereocenters. The minimum Gasteiger partial charge on any atom is -0.288 e. The molecule has 0 spiro atoms. The van der Waals surface area contributed by atoms with Crippen molar-refractivity contribution in [2.24, 2.45) is 0 Å². The average molecular weight is 334 g/mol. The summed E-state index contributed by atoms with van der Waals surface area (Å²) in [7, 11) is 0. The van der Waals surface area contributed by atoms with Gasteiger partial charge in [0.25, 0.3) is 0 Å². The quantitative estimate of drug-likeness (QED) is 0.719. The normalized spacial score (nSPS) is 10.6. The summed E-state index contributed by atoms with van der Waals surface area (Å²) in [5.74, 6) is -0.679. The minimum atomic E-state index is -0.523. The number of hydrogen-bond acceptors (Lipinski definition) is 2. The van der Waals surface area contributed by atoms with Crippen LogP contribution in [-0.2, 0) is 0 Å². The fourth-order valence-electron chi connectivity index (χ4n) is 1.41. The van der Waals surface area contributed by atoms with Gasteiger partial charge in [0.05, 0.1) is 9.90 Å². The second-order valence-electron chi connectivity index (χ2n) is 3.49. The van der Waals surface area contributed by atoms with Crippen LogP contribution in [-0.4, -0.2) is 5.78 Å². The molecule has 2 aromatic rings.